The summed E-state index contributed by atoms with van der Waals surface area (Å²) in [5, 5.41) is 14.5. The van der Waals surface area contributed by atoms with Crippen molar-refractivity contribution in [3.8, 4) is 11.5 Å². The van der Waals surface area contributed by atoms with Gasteiger partial charge in [-0.2, -0.15) is 0 Å². The Morgan fingerprint density at radius 1 is 1.33 bits per heavy atom. The lowest BCUT2D eigenvalue weighted by atomic mass is 10.0. The van der Waals surface area contributed by atoms with Gasteiger partial charge in [-0.05, 0) is 19.4 Å². The molecule has 0 unspecified atom stereocenters. The van der Waals surface area contributed by atoms with Crippen molar-refractivity contribution in [3.63, 3.8) is 0 Å². The largest absolute Gasteiger partial charge is 0.454 e. The Kier molecular flexibility index (Phi) is 3.83. The number of hydrogen-bond acceptors (Lipinski definition) is 6. The number of ether oxygens (including phenoxy) is 2. The van der Waals surface area contributed by atoms with Crippen molar-refractivity contribution in [3.05, 3.63) is 22.2 Å². The van der Waals surface area contributed by atoms with E-state index in [1.165, 1.54) is 6.07 Å². The summed E-state index contributed by atoms with van der Waals surface area (Å²) >= 11 is 0. The van der Waals surface area contributed by atoms with Gasteiger partial charge in [0.15, 0.2) is 11.5 Å². The van der Waals surface area contributed by atoms with Crippen molar-refractivity contribution in [2.75, 3.05) is 31.7 Å². The molecule has 0 atom stereocenters. The van der Waals surface area contributed by atoms with Gasteiger partial charge in [-0.3, -0.25) is 10.1 Å². The Balaban J connectivity index is 1.77. The molecule has 114 valence electrons. The first-order valence-corrected chi connectivity index (χ1v) is 7.24. The molecule has 2 aliphatic rings. The predicted molar refractivity (Wildman–Crippen MR) is 78.0 cm³/mol. The summed E-state index contributed by atoms with van der Waals surface area (Å²) in [7, 11) is 0. The summed E-state index contributed by atoms with van der Waals surface area (Å²) in [4.78, 5) is 13.2. The molecule has 0 saturated carbocycles. The van der Waals surface area contributed by atoms with E-state index in [9.17, 15) is 10.1 Å². The highest BCUT2D eigenvalue weighted by Gasteiger charge is 2.26. The molecule has 0 amide bonds. The van der Waals surface area contributed by atoms with Gasteiger partial charge in [0.25, 0.3) is 5.69 Å². The van der Waals surface area contributed by atoms with Crippen molar-refractivity contribution >= 4 is 11.4 Å². The summed E-state index contributed by atoms with van der Waals surface area (Å²) in [5.41, 5.74) is 0.552. The summed E-state index contributed by atoms with van der Waals surface area (Å²) in [6, 6.07) is 3.37. The second kappa shape index (κ2) is 5.77. The topological polar surface area (TPSA) is 76.9 Å². The zero-order valence-electron chi connectivity index (χ0n) is 12.0. The predicted octanol–water partition coefficient (Wildman–Crippen LogP) is 2.22. The van der Waals surface area contributed by atoms with Crippen LogP contribution in [0.2, 0.25) is 0 Å². The van der Waals surface area contributed by atoms with E-state index in [4.69, 9.17) is 9.47 Å². The van der Waals surface area contributed by atoms with Gasteiger partial charge in [0.2, 0.25) is 6.79 Å². The maximum atomic E-state index is 11.2. The Labute approximate surface area is 123 Å². The van der Waals surface area contributed by atoms with Crippen LogP contribution < -0.4 is 14.8 Å². The van der Waals surface area contributed by atoms with Gasteiger partial charge in [0.05, 0.1) is 11.0 Å². The van der Waals surface area contributed by atoms with Crippen LogP contribution in [-0.2, 0) is 0 Å². The average Bonchev–Trinajstić information content (AvgIpc) is 2.94. The molecule has 2 aliphatic heterocycles. The van der Waals surface area contributed by atoms with E-state index in [0.29, 0.717) is 17.2 Å². The number of piperidine rings is 1. The fourth-order valence-corrected chi connectivity index (χ4v) is 2.81. The number of anilines is 1. The molecule has 1 saturated heterocycles. The SMILES string of the molecule is CCN1CCC(Nc2cc3c(cc2[N+](=O)[O-])OCO3)CC1. The number of fused-ring (bicyclic) bond motifs is 1. The Hall–Kier alpha value is -2.02. The second-order valence-electron chi connectivity index (χ2n) is 5.33. The molecule has 3 rings (SSSR count). The molecule has 0 radical (unpaired) electrons. The molecule has 1 N–H and O–H groups in total. The molecule has 7 nitrogen and oxygen atoms in total. The molecule has 1 fully saturated rings. The third-order valence-electron chi connectivity index (χ3n) is 4.08. The first kappa shape index (κ1) is 13.9. The Bertz CT molecular complexity index is 541. The van der Waals surface area contributed by atoms with Crippen LogP contribution in [0.4, 0.5) is 11.4 Å². The number of nitrogens with one attached hydrogen (secondary N) is 1. The van der Waals surface area contributed by atoms with Crippen molar-refractivity contribution in [1.82, 2.24) is 4.90 Å². The van der Waals surface area contributed by atoms with E-state index in [-0.39, 0.29) is 23.4 Å². The van der Waals surface area contributed by atoms with Gasteiger partial charge in [0, 0.05) is 25.2 Å². The number of hydrogen-bond donors (Lipinski definition) is 1. The van der Waals surface area contributed by atoms with E-state index in [1.807, 2.05) is 0 Å². The molecular formula is C14H19N3O4. The van der Waals surface area contributed by atoms with Gasteiger partial charge in [-0.1, -0.05) is 6.92 Å². The average molecular weight is 293 g/mol. The van der Waals surface area contributed by atoms with Gasteiger partial charge in [0.1, 0.15) is 5.69 Å². The minimum atomic E-state index is -0.383. The van der Waals surface area contributed by atoms with Crippen molar-refractivity contribution in [2.45, 2.75) is 25.8 Å². The molecule has 1 aromatic carbocycles. The number of nitro groups is 1. The standard InChI is InChI=1S/C14H19N3O4/c1-2-16-5-3-10(4-6-16)15-11-7-13-14(21-9-20-13)8-12(11)17(18)19/h7-8,10,15H,2-6,9H2,1H3. The summed E-state index contributed by atoms with van der Waals surface area (Å²) in [6.07, 6.45) is 1.97. The lowest BCUT2D eigenvalue weighted by Crippen LogP contribution is -2.38. The number of nitro benzene ring substituents is 1. The molecule has 0 aliphatic carbocycles. The molecule has 1 aromatic rings. The van der Waals surface area contributed by atoms with Crippen LogP contribution >= 0.6 is 0 Å². The first-order chi connectivity index (χ1) is 10.2. The Morgan fingerprint density at radius 2 is 2.00 bits per heavy atom. The van der Waals surface area contributed by atoms with Crippen LogP contribution in [0.1, 0.15) is 19.8 Å². The van der Waals surface area contributed by atoms with Crippen molar-refractivity contribution < 1.29 is 14.4 Å². The fraction of sp³-hybridized carbons (Fsp3) is 0.571. The highest BCUT2D eigenvalue weighted by molar-refractivity contribution is 5.69. The van der Waals surface area contributed by atoms with Crippen molar-refractivity contribution in [1.29, 1.82) is 0 Å². The van der Waals surface area contributed by atoms with Gasteiger partial charge >= 0.3 is 0 Å². The van der Waals surface area contributed by atoms with Crippen molar-refractivity contribution in [2.24, 2.45) is 0 Å². The van der Waals surface area contributed by atoms with Crippen LogP contribution in [0.15, 0.2) is 12.1 Å². The van der Waals surface area contributed by atoms with Crippen LogP contribution in [0.25, 0.3) is 0 Å². The number of rotatable bonds is 4. The molecule has 2 heterocycles. The fourth-order valence-electron chi connectivity index (χ4n) is 2.81. The number of nitrogens with zero attached hydrogens (tertiary/aromatic N) is 2. The van der Waals surface area contributed by atoms with Gasteiger partial charge < -0.3 is 19.7 Å². The van der Waals surface area contributed by atoms with E-state index >= 15 is 0 Å². The molecule has 0 aromatic heterocycles. The highest BCUT2D eigenvalue weighted by Crippen LogP contribution is 2.41. The number of likely N-dealkylation sites (tertiary alicyclic amines) is 1. The summed E-state index contributed by atoms with van der Waals surface area (Å²) in [5.74, 6) is 1.00. The van der Waals surface area contributed by atoms with Crippen LogP contribution in [0.5, 0.6) is 11.5 Å². The van der Waals surface area contributed by atoms with Gasteiger partial charge in [-0.15, -0.1) is 0 Å². The highest BCUT2D eigenvalue weighted by atomic mass is 16.7. The summed E-state index contributed by atoms with van der Waals surface area (Å²) < 4.78 is 10.5. The minimum absolute atomic E-state index is 0.0390. The monoisotopic (exact) mass is 293 g/mol. The van der Waals surface area contributed by atoms with E-state index < -0.39 is 0 Å². The number of benzene rings is 1. The lowest BCUT2D eigenvalue weighted by molar-refractivity contribution is -0.384. The lowest BCUT2D eigenvalue weighted by Gasteiger charge is -2.31. The maximum Gasteiger partial charge on any atom is 0.296 e. The molecule has 7 heteroatoms. The normalized spacial score (nSPS) is 18.7. The quantitative estimate of drug-likeness (QED) is 0.677. The van der Waals surface area contributed by atoms with Crippen LogP contribution in [-0.4, -0.2) is 42.3 Å². The van der Waals surface area contributed by atoms with Crippen LogP contribution in [0.3, 0.4) is 0 Å². The molecule has 0 spiro atoms. The molecular weight excluding hydrogens is 274 g/mol. The maximum absolute atomic E-state index is 11.2. The zero-order chi connectivity index (χ0) is 14.8. The third-order valence-corrected chi connectivity index (χ3v) is 4.08. The van der Waals surface area contributed by atoms with Crippen LogP contribution in [0, 0.1) is 10.1 Å². The van der Waals surface area contributed by atoms with E-state index in [0.717, 1.165) is 32.5 Å². The molecule has 0 bridgehead atoms. The van der Waals surface area contributed by atoms with E-state index in [1.54, 1.807) is 6.07 Å². The van der Waals surface area contributed by atoms with Gasteiger partial charge in [-0.25, -0.2) is 0 Å². The minimum Gasteiger partial charge on any atom is -0.454 e. The smallest absolute Gasteiger partial charge is 0.296 e. The third kappa shape index (κ3) is 2.87. The van der Waals surface area contributed by atoms with E-state index in [2.05, 4.69) is 17.1 Å². The molecule has 21 heavy (non-hydrogen) atoms. The first-order valence-electron chi connectivity index (χ1n) is 7.24. The Morgan fingerprint density at radius 3 is 2.62 bits per heavy atom. The zero-order valence-corrected chi connectivity index (χ0v) is 12.0. The summed E-state index contributed by atoms with van der Waals surface area (Å²) in [6.45, 7) is 5.36. The second-order valence-corrected chi connectivity index (χ2v) is 5.33.